The van der Waals surface area contributed by atoms with E-state index in [2.05, 4.69) is 15.5 Å². The second kappa shape index (κ2) is 12.7. The third-order valence-corrected chi connectivity index (χ3v) is 6.73. The number of hydrogen-bond acceptors (Lipinski definition) is 7. The fourth-order valence-electron chi connectivity index (χ4n) is 4.15. The summed E-state index contributed by atoms with van der Waals surface area (Å²) in [5.41, 5.74) is 1.24. The first-order valence-electron chi connectivity index (χ1n) is 12.4. The number of fused-ring (bicyclic) bond motifs is 1. The Bertz CT molecular complexity index is 1560. The van der Waals surface area contributed by atoms with Gasteiger partial charge in [-0.15, -0.1) is 0 Å². The first kappa shape index (κ1) is 30.6. The van der Waals surface area contributed by atoms with Gasteiger partial charge in [0.25, 0.3) is 5.91 Å². The van der Waals surface area contributed by atoms with Gasteiger partial charge in [-0.25, -0.2) is 8.78 Å². The van der Waals surface area contributed by atoms with E-state index in [4.69, 9.17) is 21.2 Å². The quantitative estimate of drug-likeness (QED) is 0.201. The van der Waals surface area contributed by atoms with Crippen LogP contribution >= 0.6 is 11.6 Å². The molecule has 4 rings (SSSR count). The van der Waals surface area contributed by atoms with Crippen molar-refractivity contribution in [2.45, 2.75) is 31.4 Å². The van der Waals surface area contributed by atoms with E-state index in [0.717, 1.165) is 10.8 Å². The fraction of sp³-hybridized carbons (Fsp3) is 0.250. The molecule has 0 fully saturated rings. The van der Waals surface area contributed by atoms with Crippen molar-refractivity contribution < 1.29 is 51.4 Å². The summed E-state index contributed by atoms with van der Waals surface area (Å²) in [6, 6.07) is 8.86. The number of hydroxylamine groups is 1. The van der Waals surface area contributed by atoms with E-state index in [-0.39, 0.29) is 19.1 Å². The van der Waals surface area contributed by atoms with Gasteiger partial charge < -0.3 is 19.9 Å². The number of carboxylic acids is 1. The predicted molar refractivity (Wildman–Crippen MR) is 141 cm³/mol. The monoisotopic (exact) mass is 610 g/mol. The number of ether oxygens (including phenoxy) is 2. The summed E-state index contributed by atoms with van der Waals surface area (Å²) in [5, 5.41) is 13.6. The molecule has 2 atom stereocenters. The second-order valence-corrected chi connectivity index (χ2v) is 9.58. The van der Waals surface area contributed by atoms with Crippen LogP contribution in [-0.2, 0) is 19.2 Å². The summed E-state index contributed by atoms with van der Waals surface area (Å²) in [7, 11) is 0. The van der Waals surface area contributed by atoms with Crippen LogP contribution in [0.1, 0.15) is 19.8 Å². The summed E-state index contributed by atoms with van der Waals surface area (Å²) in [5.74, 6) is -11.9. The van der Waals surface area contributed by atoms with Crippen LogP contribution in [-0.4, -0.2) is 47.6 Å². The smallest absolute Gasteiger partial charge is 0.305 e. The second-order valence-electron chi connectivity index (χ2n) is 9.17. The van der Waals surface area contributed by atoms with Crippen LogP contribution in [0.5, 0.6) is 11.5 Å². The van der Waals surface area contributed by atoms with E-state index in [9.17, 15) is 37.1 Å². The topological polar surface area (TPSA) is 123 Å². The van der Waals surface area contributed by atoms with Gasteiger partial charge in [0.15, 0.2) is 28.8 Å². The average Bonchev–Trinajstić information content (AvgIpc) is 3.40. The van der Waals surface area contributed by atoms with Crippen molar-refractivity contribution in [2.75, 3.05) is 13.2 Å². The largest absolute Gasteiger partial charge is 0.487 e. The Morgan fingerprint density at radius 1 is 1.05 bits per heavy atom. The Hall–Kier alpha value is -4.36. The zero-order chi connectivity index (χ0) is 30.6. The van der Waals surface area contributed by atoms with Crippen LogP contribution < -0.4 is 20.3 Å². The third-order valence-electron chi connectivity index (χ3n) is 6.40. The summed E-state index contributed by atoms with van der Waals surface area (Å²) in [6.45, 7) is 0.319. The van der Waals surface area contributed by atoms with Crippen LogP contribution in [0.15, 0.2) is 54.2 Å². The molecule has 9 nitrogen and oxygen atoms in total. The van der Waals surface area contributed by atoms with Gasteiger partial charge in [0.1, 0.15) is 25.0 Å². The van der Waals surface area contributed by atoms with E-state index in [1.807, 2.05) is 24.3 Å². The highest BCUT2D eigenvalue weighted by molar-refractivity contribution is 6.35. The molecule has 1 heterocycles. The van der Waals surface area contributed by atoms with Crippen molar-refractivity contribution in [1.82, 2.24) is 10.8 Å². The Labute approximate surface area is 240 Å². The van der Waals surface area contributed by atoms with E-state index >= 15 is 0 Å². The van der Waals surface area contributed by atoms with E-state index in [0.29, 0.717) is 16.5 Å². The number of carbonyl (C=O) groups is 3. The molecular weight excluding hydrogens is 588 g/mol. The van der Waals surface area contributed by atoms with Crippen LogP contribution in [0.4, 0.5) is 17.6 Å². The molecule has 0 aromatic heterocycles. The number of carbonyl (C=O) groups excluding carboxylic acids is 2. The van der Waals surface area contributed by atoms with Gasteiger partial charge in [0.2, 0.25) is 11.6 Å². The van der Waals surface area contributed by atoms with Crippen molar-refractivity contribution in [2.24, 2.45) is 0 Å². The van der Waals surface area contributed by atoms with Crippen molar-refractivity contribution >= 4 is 40.0 Å². The van der Waals surface area contributed by atoms with Gasteiger partial charge >= 0.3 is 5.97 Å². The molecule has 3 N–H and O–H groups in total. The number of ketones is 1. The Morgan fingerprint density at radius 2 is 1.71 bits per heavy atom. The minimum atomic E-state index is -1.89. The normalized spacial score (nSPS) is 16.9. The van der Waals surface area contributed by atoms with Crippen molar-refractivity contribution in [3.05, 3.63) is 82.5 Å². The third kappa shape index (κ3) is 6.42. The Balaban J connectivity index is 1.46. The van der Waals surface area contributed by atoms with Crippen LogP contribution in [0, 0.1) is 23.3 Å². The van der Waals surface area contributed by atoms with Gasteiger partial charge in [-0.2, -0.15) is 8.78 Å². The fourth-order valence-corrected chi connectivity index (χ4v) is 4.38. The van der Waals surface area contributed by atoms with Crippen molar-refractivity contribution in [1.29, 1.82) is 0 Å². The zero-order valence-electron chi connectivity index (χ0n) is 21.8. The molecule has 1 amide bonds. The number of aliphatic carboxylic acids is 1. The molecule has 0 saturated heterocycles. The van der Waals surface area contributed by atoms with Crippen LogP contribution in [0.3, 0.4) is 0 Å². The molecule has 0 bridgehead atoms. The SMILES string of the molecule is CCC1(C(=O)N[C@@H](CC(=O)O)C(=O)COc2c(F)c(F)cc(F)c2F)C=C(COc2ccc(Cl)c3ccccc23)NO1. The number of halogens is 5. The molecule has 1 aliphatic rings. The minimum Gasteiger partial charge on any atom is -0.487 e. The molecule has 3 aromatic carbocycles. The average molecular weight is 611 g/mol. The molecule has 1 unspecified atom stereocenters. The Kier molecular flexibility index (Phi) is 9.22. The maximum Gasteiger partial charge on any atom is 0.305 e. The highest BCUT2D eigenvalue weighted by atomic mass is 35.5. The number of hydrogen-bond donors (Lipinski definition) is 3. The number of benzene rings is 3. The molecule has 222 valence electrons. The number of carboxylic acid groups (broad SMARTS) is 1. The molecule has 0 aliphatic carbocycles. The van der Waals surface area contributed by atoms with E-state index in [1.54, 1.807) is 19.1 Å². The van der Waals surface area contributed by atoms with Crippen LogP contribution in [0.25, 0.3) is 10.8 Å². The lowest BCUT2D eigenvalue weighted by Crippen LogP contribution is -2.53. The van der Waals surface area contributed by atoms with Crippen molar-refractivity contribution in [3.8, 4) is 11.5 Å². The molecular formula is C28H23ClF4N2O7. The van der Waals surface area contributed by atoms with Gasteiger partial charge in [-0.3, -0.25) is 24.7 Å². The Morgan fingerprint density at radius 3 is 2.36 bits per heavy atom. The molecule has 42 heavy (non-hydrogen) atoms. The summed E-state index contributed by atoms with van der Waals surface area (Å²) < 4.78 is 65.2. The maximum atomic E-state index is 13.9. The van der Waals surface area contributed by atoms with E-state index < -0.39 is 71.3 Å². The van der Waals surface area contributed by atoms with Gasteiger partial charge in [0.05, 0.1) is 12.1 Å². The first-order chi connectivity index (χ1) is 20.0. The first-order valence-corrected chi connectivity index (χ1v) is 12.8. The predicted octanol–water partition coefficient (Wildman–Crippen LogP) is 4.60. The van der Waals surface area contributed by atoms with Gasteiger partial charge in [-0.05, 0) is 24.6 Å². The van der Waals surface area contributed by atoms with Crippen LogP contribution in [0.2, 0.25) is 5.02 Å². The number of Topliss-reactive ketones (excluding diaryl/α,β-unsaturated/α-hetero) is 1. The molecule has 14 heteroatoms. The molecule has 0 spiro atoms. The lowest BCUT2D eigenvalue weighted by atomic mass is 9.97. The molecule has 1 aliphatic heterocycles. The minimum absolute atomic E-state index is 0.0304. The molecule has 0 saturated carbocycles. The van der Waals surface area contributed by atoms with E-state index in [1.165, 1.54) is 6.08 Å². The number of nitrogens with one attached hydrogen (secondary N) is 2. The lowest BCUT2D eigenvalue weighted by molar-refractivity contribution is -0.148. The standard InChI is InChI=1S/C28H23ClF4N2O7/c1-2-28(11-14(35-42-28)12-40-22-8-7-17(29)15-5-3-4-6-16(15)22)27(39)34-20(10-23(37)38)21(36)13-41-26-24(32)18(30)9-19(31)25(26)33/h3-9,11,20,35H,2,10,12-13H2,1H3,(H,34,39)(H,37,38)/t20-,28?/m0/s1. The lowest BCUT2D eigenvalue weighted by Gasteiger charge is -2.25. The highest BCUT2D eigenvalue weighted by Gasteiger charge is 2.43. The maximum absolute atomic E-state index is 13.9. The number of rotatable bonds is 12. The molecule has 3 aromatic rings. The summed E-state index contributed by atoms with van der Waals surface area (Å²) in [6.07, 6.45) is 0.495. The summed E-state index contributed by atoms with van der Waals surface area (Å²) in [4.78, 5) is 42.8. The van der Waals surface area contributed by atoms with Gasteiger partial charge in [0, 0.05) is 21.9 Å². The van der Waals surface area contributed by atoms with Gasteiger partial charge in [-0.1, -0.05) is 42.8 Å². The molecule has 0 radical (unpaired) electrons. The summed E-state index contributed by atoms with van der Waals surface area (Å²) >= 11 is 6.24. The zero-order valence-corrected chi connectivity index (χ0v) is 22.6. The highest BCUT2D eigenvalue weighted by Crippen LogP contribution is 2.32. The number of amides is 1. The van der Waals surface area contributed by atoms with Crippen molar-refractivity contribution in [3.63, 3.8) is 0 Å².